The van der Waals surface area contributed by atoms with Crippen molar-refractivity contribution in [3.05, 3.63) is 69.7 Å². The van der Waals surface area contributed by atoms with Crippen LogP contribution < -0.4 is 0 Å². The lowest BCUT2D eigenvalue weighted by Gasteiger charge is -2.06. The van der Waals surface area contributed by atoms with Gasteiger partial charge in [0.05, 0.1) is 0 Å². The molecular weight excluding hydrogens is 297 g/mol. The van der Waals surface area contributed by atoms with Crippen LogP contribution >= 0.6 is 23.2 Å². The number of carbonyl (C=O) groups is 1. The van der Waals surface area contributed by atoms with E-state index in [9.17, 15) is 4.79 Å². The summed E-state index contributed by atoms with van der Waals surface area (Å²) in [6, 6.07) is 14.2. The fourth-order valence-electron chi connectivity index (χ4n) is 1.60. The van der Waals surface area contributed by atoms with Crippen molar-refractivity contribution >= 4 is 34.9 Å². The first-order valence-electron chi connectivity index (χ1n) is 5.84. The Hall–Kier alpha value is -1.84. The second kappa shape index (κ2) is 6.55. The van der Waals surface area contributed by atoms with Crippen LogP contribution in [0.3, 0.4) is 0 Å². The maximum Gasteiger partial charge on any atom is 0.332 e. The fourth-order valence-corrected chi connectivity index (χ4v) is 1.85. The maximum absolute atomic E-state index is 10.9. The molecule has 102 valence electrons. The highest BCUT2D eigenvalue weighted by Crippen LogP contribution is 2.17. The number of hydrogen-bond donors (Lipinski definition) is 0. The third-order valence-electron chi connectivity index (χ3n) is 2.50. The minimum absolute atomic E-state index is 0.481. The van der Waals surface area contributed by atoms with Crippen molar-refractivity contribution in [3.8, 4) is 0 Å². The molecule has 0 unspecified atom stereocenters. The zero-order valence-electron chi connectivity index (χ0n) is 10.6. The Balaban J connectivity index is 2.44. The lowest BCUT2D eigenvalue weighted by atomic mass is 10.0. The second-order valence-corrected chi connectivity index (χ2v) is 4.91. The quantitative estimate of drug-likeness (QED) is 0.481. The lowest BCUT2D eigenvalue weighted by molar-refractivity contribution is -0.140. The van der Waals surface area contributed by atoms with Gasteiger partial charge >= 0.3 is 5.97 Å². The van der Waals surface area contributed by atoms with Gasteiger partial charge in [0.15, 0.2) is 0 Å². The zero-order valence-corrected chi connectivity index (χ0v) is 12.2. The lowest BCUT2D eigenvalue weighted by Crippen LogP contribution is -2.05. The first kappa shape index (κ1) is 14.6. The van der Waals surface area contributed by atoms with Crippen LogP contribution in [0, 0.1) is 0 Å². The van der Waals surface area contributed by atoms with Gasteiger partial charge in [-0.1, -0.05) is 52.6 Å². The number of carbonyl (C=O) groups excluding carboxylic acids is 1. The Labute approximate surface area is 126 Å². The average Bonchev–Trinajstić information content (AvgIpc) is 2.42. The van der Waals surface area contributed by atoms with Crippen LogP contribution in [-0.4, -0.2) is 11.7 Å². The molecule has 20 heavy (non-hydrogen) atoms. The van der Waals surface area contributed by atoms with Gasteiger partial charge in [-0.25, -0.2) is 4.79 Å². The van der Waals surface area contributed by atoms with E-state index in [4.69, 9.17) is 28.0 Å². The number of oxime groups is 1. The number of hydrogen-bond acceptors (Lipinski definition) is 3. The van der Waals surface area contributed by atoms with Crippen LogP contribution in [0.5, 0.6) is 0 Å². The normalized spacial score (nSPS) is 9.95. The third-order valence-corrected chi connectivity index (χ3v) is 3.00. The van der Waals surface area contributed by atoms with Gasteiger partial charge < -0.3 is 4.84 Å². The molecule has 2 aromatic carbocycles. The number of halogens is 2. The van der Waals surface area contributed by atoms with Crippen LogP contribution in [0.25, 0.3) is 0 Å². The molecule has 0 N–H and O–H groups in total. The number of benzene rings is 2. The van der Waals surface area contributed by atoms with E-state index in [-0.39, 0.29) is 0 Å². The second-order valence-electron chi connectivity index (χ2n) is 4.04. The molecule has 0 radical (unpaired) electrons. The smallest absolute Gasteiger partial charge is 0.318 e. The van der Waals surface area contributed by atoms with Crippen LogP contribution in [0.4, 0.5) is 0 Å². The van der Waals surface area contributed by atoms with Gasteiger partial charge in [0.2, 0.25) is 0 Å². The van der Waals surface area contributed by atoms with Crippen molar-refractivity contribution in [2.75, 3.05) is 0 Å². The molecule has 0 saturated heterocycles. The van der Waals surface area contributed by atoms with E-state index in [1.54, 1.807) is 48.5 Å². The minimum atomic E-state index is -0.481. The van der Waals surface area contributed by atoms with Gasteiger partial charge in [0.25, 0.3) is 0 Å². The highest BCUT2D eigenvalue weighted by atomic mass is 35.5. The molecule has 0 amide bonds. The van der Waals surface area contributed by atoms with Crippen molar-refractivity contribution in [1.82, 2.24) is 0 Å². The van der Waals surface area contributed by atoms with Crippen LogP contribution in [-0.2, 0) is 9.63 Å². The van der Waals surface area contributed by atoms with E-state index in [0.717, 1.165) is 11.1 Å². The molecule has 0 bridgehead atoms. The molecule has 0 saturated carbocycles. The Morgan fingerprint density at radius 3 is 1.65 bits per heavy atom. The van der Waals surface area contributed by atoms with Crippen LogP contribution in [0.15, 0.2) is 53.7 Å². The van der Waals surface area contributed by atoms with Crippen molar-refractivity contribution in [2.24, 2.45) is 5.16 Å². The molecule has 0 spiro atoms. The average molecular weight is 308 g/mol. The molecule has 0 aromatic heterocycles. The van der Waals surface area contributed by atoms with Gasteiger partial charge in [-0.05, 0) is 24.3 Å². The highest BCUT2D eigenvalue weighted by Gasteiger charge is 2.09. The Morgan fingerprint density at radius 2 is 1.30 bits per heavy atom. The summed E-state index contributed by atoms with van der Waals surface area (Å²) >= 11 is 11.7. The number of rotatable bonds is 3. The van der Waals surface area contributed by atoms with E-state index >= 15 is 0 Å². The molecule has 0 aliphatic rings. The van der Waals surface area contributed by atoms with Crippen molar-refractivity contribution in [3.63, 3.8) is 0 Å². The third kappa shape index (κ3) is 3.83. The number of nitrogens with zero attached hydrogens (tertiary/aromatic N) is 1. The van der Waals surface area contributed by atoms with Crippen molar-refractivity contribution in [2.45, 2.75) is 6.92 Å². The highest BCUT2D eigenvalue weighted by molar-refractivity contribution is 6.31. The van der Waals surface area contributed by atoms with Gasteiger partial charge in [-0.15, -0.1) is 0 Å². The predicted octanol–water partition coefficient (Wildman–Crippen LogP) is 4.31. The summed E-state index contributed by atoms with van der Waals surface area (Å²) in [7, 11) is 0. The summed E-state index contributed by atoms with van der Waals surface area (Å²) in [5, 5.41) is 5.15. The van der Waals surface area contributed by atoms with Crippen molar-refractivity contribution < 1.29 is 9.63 Å². The molecule has 0 aliphatic heterocycles. The standard InChI is InChI=1S/C15H11Cl2NO2/c1-10(19)20-18-15(11-2-6-13(16)7-3-11)12-4-8-14(17)9-5-12/h2-9H,1H3. The summed E-state index contributed by atoms with van der Waals surface area (Å²) in [4.78, 5) is 15.7. The summed E-state index contributed by atoms with van der Waals surface area (Å²) in [6.07, 6.45) is 0. The first-order valence-corrected chi connectivity index (χ1v) is 6.59. The molecule has 2 rings (SSSR count). The van der Waals surface area contributed by atoms with E-state index in [1.807, 2.05) is 0 Å². The summed E-state index contributed by atoms with van der Waals surface area (Å²) in [5.41, 5.74) is 2.12. The summed E-state index contributed by atoms with van der Waals surface area (Å²) < 4.78 is 0. The maximum atomic E-state index is 10.9. The molecule has 3 nitrogen and oxygen atoms in total. The topological polar surface area (TPSA) is 38.7 Å². The van der Waals surface area contributed by atoms with Crippen LogP contribution in [0.2, 0.25) is 10.0 Å². The molecular formula is C15H11Cl2NO2. The largest absolute Gasteiger partial charge is 0.332 e. The van der Waals surface area contributed by atoms with E-state index in [0.29, 0.717) is 15.8 Å². The molecule has 2 aromatic rings. The van der Waals surface area contributed by atoms with Gasteiger partial charge in [0.1, 0.15) is 5.71 Å². The first-order chi connectivity index (χ1) is 9.56. The van der Waals surface area contributed by atoms with E-state index in [1.165, 1.54) is 6.92 Å². The van der Waals surface area contributed by atoms with Gasteiger partial charge in [0, 0.05) is 28.1 Å². The Morgan fingerprint density at radius 1 is 0.900 bits per heavy atom. The van der Waals surface area contributed by atoms with Crippen LogP contribution in [0.1, 0.15) is 18.1 Å². The van der Waals surface area contributed by atoms with Crippen molar-refractivity contribution in [1.29, 1.82) is 0 Å². The van der Waals surface area contributed by atoms with Gasteiger partial charge in [-0.2, -0.15) is 0 Å². The molecule has 0 heterocycles. The molecule has 5 heteroatoms. The molecule has 0 aliphatic carbocycles. The monoisotopic (exact) mass is 307 g/mol. The Bertz CT molecular complexity index is 586. The molecule has 0 fully saturated rings. The Kier molecular flexibility index (Phi) is 4.77. The van der Waals surface area contributed by atoms with Gasteiger partial charge in [-0.3, -0.25) is 0 Å². The minimum Gasteiger partial charge on any atom is -0.318 e. The molecule has 0 atom stereocenters. The predicted molar refractivity (Wildman–Crippen MR) is 80.3 cm³/mol. The van der Waals surface area contributed by atoms with E-state index in [2.05, 4.69) is 5.16 Å². The summed E-state index contributed by atoms with van der Waals surface area (Å²) in [6.45, 7) is 1.30. The fraction of sp³-hybridized carbons (Fsp3) is 0.0667. The summed E-state index contributed by atoms with van der Waals surface area (Å²) in [5.74, 6) is -0.481. The van der Waals surface area contributed by atoms with E-state index < -0.39 is 5.97 Å². The SMILES string of the molecule is CC(=O)ON=C(c1ccc(Cl)cc1)c1ccc(Cl)cc1. The zero-order chi connectivity index (χ0) is 14.5.